The molecule has 0 spiro atoms. The van der Waals surface area contributed by atoms with E-state index in [0.717, 1.165) is 30.6 Å². The minimum atomic E-state index is 0.125. The van der Waals surface area contributed by atoms with Crippen LogP contribution < -0.4 is 9.47 Å². The van der Waals surface area contributed by atoms with Crippen molar-refractivity contribution < 1.29 is 9.47 Å². The van der Waals surface area contributed by atoms with Crippen LogP contribution in [0.15, 0.2) is 18.2 Å². The van der Waals surface area contributed by atoms with Crippen molar-refractivity contribution in [2.45, 2.75) is 26.2 Å². The Kier molecular flexibility index (Phi) is 4.20. The lowest BCUT2D eigenvalue weighted by molar-refractivity contribution is 0.287. The van der Waals surface area contributed by atoms with Crippen molar-refractivity contribution in [3.63, 3.8) is 0 Å². The van der Waals surface area contributed by atoms with Crippen LogP contribution in [0.25, 0.3) is 11.4 Å². The molecule has 110 valence electrons. The van der Waals surface area contributed by atoms with Crippen LogP contribution in [0.2, 0.25) is 5.28 Å². The molecule has 0 amide bonds. The highest BCUT2D eigenvalue weighted by Crippen LogP contribution is 2.35. The van der Waals surface area contributed by atoms with Gasteiger partial charge >= 0.3 is 6.01 Å². The summed E-state index contributed by atoms with van der Waals surface area (Å²) in [6.45, 7) is 3.27. The third-order valence-corrected chi connectivity index (χ3v) is 3.37. The number of fused-ring (bicyclic) bond motifs is 1. The SMILES string of the molecule is CCCOc1nc(Cl)nc(-c2cccc3c2OCCC3)n1. The fourth-order valence-corrected chi connectivity index (χ4v) is 2.43. The van der Waals surface area contributed by atoms with Gasteiger partial charge in [-0.25, -0.2) is 0 Å². The van der Waals surface area contributed by atoms with E-state index in [1.165, 1.54) is 5.56 Å². The highest BCUT2D eigenvalue weighted by Gasteiger charge is 2.18. The van der Waals surface area contributed by atoms with E-state index >= 15 is 0 Å². The quantitative estimate of drug-likeness (QED) is 0.867. The Hall–Kier alpha value is -1.88. The van der Waals surface area contributed by atoms with Crippen molar-refractivity contribution >= 4 is 11.6 Å². The Bertz CT molecular complexity index is 649. The Morgan fingerprint density at radius 3 is 3.05 bits per heavy atom. The molecule has 3 rings (SSSR count). The van der Waals surface area contributed by atoms with Crippen molar-refractivity contribution in [1.82, 2.24) is 15.0 Å². The zero-order valence-electron chi connectivity index (χ0n) is 11.8. The lowest BCUT2D eigenvalue weighted by Gasteiger charge is -2.19. The predicted octanol–water partition coefficient (Wildman–Crippen LogP) is 3.31. The molecule has 6 heteroatoms. The zero-order valence-corrected chi connectivity index (χ0v) is 12.6. The first kappa shape index (κ1) is 14.1. The number of hydrogen-bond donors (Lipinski definition) is 0. The van der Waals surface area contributed by atoms with Gasteiger partial charge in [0.05, 0.1) is 18.8 Å². The summed E-state index contributed by atoms with van der Waals surface area (Å²) in [5.74, 6) is 1.33. The molecule has 1 aliphatic heterocycles. The van der Waals surface area contributed by atoms with Gasteiger partial charge in [-0.05, 0) is 42.5 Å². The molecular weight excluding hydrogens is 290 g/mol. The van der Waals surface area contributed by atoms with E-state index in [0.29, 0.717) is 19.0 Å². The Morgan fingerprint density at radius 1 is 1.29 bits per heavy atom. The fourth-order valence-electron chi connectivity index (χ4n) is 2.28. The third kappa shape index (κ3) is 3.08. The number of rotatable bonds is 4. The van der Waals surface area contributed by atoms with E-state index in [-0.39, 0.29) is 11.3 Å². The summed E-state index contributed by atoms with van der Waals surface area (Å²) < 4.78 is 11.2. The number of aryl methyl sites for hydroxylation is 1. The van der Waals surface area contributed by atoms with E-state index in [9.17, 15) is 0 Å². The van der Waals surface area contributed by atoms with Crippen molar-refractivity contribution in [1.29, 1.82) is 0 Å². The van der Waals surface area contributed by atoms with Crippen molar-refractivity contribution in [3.05, 3.63) is 29.0 Å². The average molecular weight is 306 g/mol. The first-order valence-electron chi connectivity index (χ1n) is 7.07. The van der Waals surface area contributed by atoms with Gasteiger partial charge in [-0.3, -0.25) is 0 Å². The normalized spacial score (nSPS) is 13.4. The molecule has 1 aromatic carbocycles. The number of ether oxygens (including phenoxy) is 2. The first-order chi connectivity index (χ1) is 10.3. The molecule has 2 heterocycles. The summed E-state index contributed by atoms with van der Waals surface area (Å²) in [4.78, 5) is 12.5. The maximum Gasteiger partial charge on any atom is 0.321 e. The van der Waals surface area contributed by atoms with Gasteiger partial charge in [0.15, 0.2) is 5.82 Å². The molecule has 0 radical (unpaired) electrons. The van der Waals surface area contributed by atoms with E-state index in [4.69, 9.17) is 21.1 Å². The summed E-state index contributed by atoms with van der Waals surface area (Å²) in [7, 11) is 0. The lowest BCUT2D eigenvalue weighted by atomic mass is 10.0. The second-order valence-electron chi connectivity index (χ2n) is 4.80. The summed E-state index contributed by atoms with van der Waals surface area (Å²) in [6, 6.07) is 6.22. The van der Waals surface area contributed by atoms with Gasteiger partial charge in [-0.15, -0.1) is 0 Å². The Labute approximate surface area is 128 Å². The summed E-state index contributed by atoms with van der Waals surface area (Å²) in [5, 5.41) is 0.125. The number of hydrogen-bond acceptors (Lipinski definition) is 5. The van der Waals surface area contributed by atoms with Crippen LogP contribution in [0.5, 0.6) is 11.8 Å². The largest absolute Gasteiger partial charge is 0.493 e. The summed E-state index contributed by atoms with van der Waals surface area (Å²) in [6.07, 6.45) is 2.91. The van der Waals surface area contributed by atoms with Gasteiger partial charge in [-0.1, -0.05) is 19.1 Å². The monoisotopic (exact) mass is 305 g/mol. The molecule has 5 nitrogen and oxygen atoms in total. The van der Waals surface area contributed by atoms with Crippen LogP contribution in [-0.2, 0) is 6.42 Å². The number of halogens is 1. The standard InChI is InChI=1S/C15H16ClN3O2/c1-2-8-21-15-18-13(17-14(16)19-15)11-7-3-5-10-6-4-9-20-12(10)11/h3,5,7H,2,4,6,8-9H2,1H3. The molecule has 2 aromatic rings. The smallest absolute Gasteiger partial charge is 0.321 e. The van der Waals surface area contributed by atoms with Crippen LogP contribution in [-0.4, -0.2) is 28.2 Å². The van der Waals surface area contributed by atoms with E-state index in [1.54, 1.807) is 0 Å². The molecule has 0 N–H and O–H groups in total. The maximum atomic E-state index is 5.98. The average Bonchev–Trinajstić information content (AvgIpc) is 2.52. The molecule has 0 bridgehead atoms. The zero-order chi connectivity index (χ0) is 14.7. The van der Waals surface area contributed by atoms with Crippen LogP contribution in [0.4, 0.5) is 0 Å². The first-order valence-corrected chi connectivity index (χ1v) is 7.45. The van der Waals surface area contributed by atoms with E-state index < -0.39 is 0 Å². The Morgan fingerprint density at radius 2 is 2.19 bits per heavy atom. The number of para-hydroxylation sites is 1. The van der Waals surface area contributed by atoms with Gasteiger partial charge < -0.3 is 9.47 Å². The van der Waals surface area contributed by atoms with Crippen molar-refractivity contribution in [3.8, 4) is 23.1 Å². The van der Waals surface area contributed by atoms with Crippen molar-refractivity contribution in [2.75, 3.05) is 13.2 Å². The second-order valence-corrected chi connectivity index (χ2v) is 5.14. The molecule has 1 aliphatic rings. The van der Waals surface area contributed by atoms with Gasteiger partial charge in [0.1, 0.15) is 5.75 Å². The minimum Gasteiger partial charge on any atom is -0.493 e. The molecule has 1 aromatic heterocycles. The van der Waals surface area contributed by atoms with Crippen LogP contribution in [0.1, 0.15) is 25.3 Å². The highest BCUT2D eigenvalue weighted by molar-refractivity contribution is 6.28. The highest BCUT2D eigenvalue weighted by atomic mass is 35.5. The number of benzene rings is 1. The molecule has 0 atom stereocenters. The molecule has 0 fully saturated rings. The minimum absolute atomic E-state index is 0.125. The number of aromatic nitrogens is 3. The topological polar surface area (TPSA) is 57.1 Å². The van der Waals surface area contributed by atoms with Crippen LogP contribution >= 0.6 is 11.6 Å². The van der Waals surface area contributed by atoms with Crippen LogP contribution in [0, 0.1) is 0 Å². The molecular formula is C15H16ClN3O2. The van der Waals surface area contributed by atoms with E-state index in [1.807, 2.05) is 19.1 Å². The van der Waals surface area contributed by atoms with Gasteiger partial charge in [0, 0.05) is 0 Å². The number of nitrogens with zero attached hydrogens (tertiary/aromatic N) is 3. The van der Waals surface area contributed by atoms with Gasteiger partial charge in [-0.2, -0.15) is 15.0 Å². The van der Waals surface area contributed by atoms with Crippen LogP contribution in [0.3, 0.4) is 0 Å². The molecule has 0 unspecified atom stereocenters. The Balaban J connectivity index is 2.02. The summed E-state index contributed by atoms with van der Waals surface area (Å²) in [5.41, 5.74) is 2.00. The third-order valence-electron chi connectivity index (χ3n) is 3.20. The van der Waals surface area contributed by atoms with Gasteiger partial charge in [0.25, 0.3) is 0 Å². The second kappa shape index (κ2) is 6.26. The fraction of sp³-hybridized carbons (Fsp3) is 0.400. The lowest BCUT2D eigenvalue weighted by Crippen LogP contribution is -2.10. The molecule has 0 aliphatic carbocycles. The maximum absolute atomic E-state index is 5.98. The molecule has 0 saturated carbocycles. The summed E-state index contributed by atoms with van der Waals surface area (Å²) >= 11 is 5.98. The van der Waals surface area contributed by atoms with Crippen molar-refractivity contribution in [2.24, 2.45) is 0 Å². The van der Waals surface area contributed by atoms with Gasteiger partial charge in [0.2, 0.25) is 5.28 Å². The predicted molar refractivity (Wildman–Crippen MR) is 79.9 cm³/mol. The molecule has 0 saturated heterocycles. The molecule has 21 heavy (non-hydrogen) atoms. The van der Waals surface area contributed by atoms with E-state index in [2.05, 4.69) is 21.0 Å².